The molecule has 1 heterocycles. The van der Waals surface area contributed by atoms with E-state index in [1.54, 1.807) is 7.11 Å². The Morgan fingerprint density at radius 1 is 1.50 bits per heavy atom. The molecule has 0 radical (unpaired) electrons. The fraction of sp³-hybridized carbons (Fsp3) is 0.692. The molecule has 3 heteroatoms. The van der Waals surface area contributed by atoms with Crippen molar-refractivity contribution in [2.75, 3.05) is 13.7 Å². The Balaban J connectivity index is 2.37. The molecule has 92 valence electrons. The van der Waals surface area contributed by atoms with Crippen molar-refractivity contribution in [3.63, 3.8) is 0 Å². The van der Waals surface area contributed by atoms with E-state index in [1.165, 1.54) is 11.3 Å². The summed E-state index contributed by atoms with van der Waals surface area (Å²) in [6, 6.07) is 4.79. The second kappa shape index (κ2) is 7.82. The van der Waals surface area contributed by atoms with Gasteiger partial charge in [0, 0.05) is 18.0 Å². The van der Waals surface area contributed by atoms with E-state index in [2.05, 4.69) is 36.7 Å². The van der Waals surface area contributed by atoms with Crippen LogP contribution in [0.3, 0.4) is 0 Å². The maximum absolute atomic E-state index is 5.42. The molecule has 1 aromatic heterocycles. The van der Waals surface area contributed by atoms with Crippen molar-refractivity contribution in [1.29, 1.82) is 0 Å². The Morgan fingerprint density at radius 2 is 2.31 bits per heavy atom. The third-order valence-corrected chi connectivity index (χ3v) is 3.81. The van der Waals surface area contributed by atoms with Crippen LogP contribution < -0.4 is 5.32 Å². The molecule has 16 heavy (non-hydrogen) atoms. The van der Waals surface area contributed by atoms with Crippen LogP contribution in [0, 0.1) is 0 Å². The van der Waals surface area contributed by atoms with Crippen LogP contribution in [-0.2, 0) is 11.2 Å². The van der Waals surface area contributed by atoms with Crippen molar-refractivity contribution in [2.24, 2.45) is 0 Å². The van der Waals surface area contributed by atoms with Gasteiger partial charge in [0.05, 0.1) is 6.10 Å². The number of rotatable bonds is 8. The lowest BCUT2D eigenvalue weighted by Gasteiger charge is -2.23. The molecule has 1 aromatic rings. The van der Waals surface area contributed by atoms with Crippen molar-refractivity contribution in [1.82, 2.24) is 5.32 Å². The van der Waals surface area contributed by atoms with Crippen LogP contribution in [-0.4, -0.2) is 25.8 Å². The van der Waals surface area contributed by atoms with Crippen molar-refractivity contribution in [3.8, 4) is 0 Å². The SMILES string of the molecule is CCCNC(CCc1cccs1)C(C)OC. The zero-order valence-corrected chi connectivity index (χ0v) is 11.3. The summed E-state index contributed by atoms with van der Waals surface area (Å²) >= 11 is 1.84. The Kier molecular flexibility index (Phi) is 6.69. The number of methoxy groups -OCH3 is 1. The minimum absolute atomic E-state index is 0.284. The molecule has 0 bridgehead atoms. The fourth-order valence-corrected chi connectivity index (χ4v) is 2.47. The van der Waals surface area contributed by atoms with Crippen molar-refractivity contribution < 1.29 is 4.74 Å². The van der Waals surface area contributed by atoms with Gasteiger partial charge < -0.3 is 10.1 Å². The summed E-state index contributed by atoms with van der Waals surface area (Å²) in [6.07, 6.45) is 3.75. The van der Waals surface area contributed by atoms with Gasteiger partial charge in [-0.05, 0) is 44.2 Å². The molecule has 0 amide bonds. The first kappa shape index (κ1) is 13.7. The van der Waals surface area contributed by atoms with Crippen LogP contribution in [0.4, 0.5) is 0 Å². The van der Waals surface area contributed by atoms with E-state index in [0.29, 0.717) is 6.04 Å². The average Bonchev–Trinajstić information content (AvgIpc) is 2.81. The zero-order valence-electron chi connectivity index (χ0n) is 10.5. The predicted octanol–water partition coefficient (Wildman–Crippen LogP) is 3.08. The minimum atomic E-state index is 0.284. The summed E-state index contributed by atoms with van der Waals surface area (Å²) in [4.78, 5) is 1.46. The number of ether oxygens (including phenoxy) is 1. The smallest absolute Gasteiger partial charge is 0.0696 e. The minimum Gasteiger partial charge on any atom is -0.380 e. The van der Waals surface area contributed by atoms with E-state index in [0.717, 1.165) is 19.4 Å². The molecule has 0 aliphatic heterocycles. The predicted molar refractivity (Wildman–Crippen MR) is 71.2 cm³/mol. The maximum atomic E-state index is 5.42. The second-order valence-corrected chi connectivity index (χ2v) is 5.15. The van der Waals surface area contributed by atoms with E-state index in [4.69, 9.17) is 4.74 Å². The van der Waals surface area contributed by atoms with Gasteiger partial charge in [0.15, 0.2) is 0 Å². The number of hydrogen-bond donors (Lipinski definition) is 1. The first-order chi connectivity index (χ1) is 7.77. The number of thiophene rings is 1. The third kappa shape index (κ3) is 4.64. The van der Waals surface area contributed by atoms with E-state index in [-0.39, 0.29) is 6.10 Å². The molecule has 2 nitrogen and oxygen atoms in total. The van der Waals surface area contributed by atoms with Gasteiger partial charge in [-0.3, -0.25) is 0 Å². The highest BCUT2D eigenvalue weighted by Crippen LogP contribution is 2.14. The van der Waals surface area contributed by atoms with Gasteiger partial charge in [0.2, 0.25) is 0 Å². The van der Waals surface area contributed by atoms with Crippen LogP contribution in [0.25, 0.3) is 0 Å². The monoisotopic (exact) mass is 241 g/mol. The number of nitrogens with one attached hydrogen (secondary N) is 1. The van der Waals surface area contributed by atoms with Gasteiger partial charge in [0.25, 0.3) is 0 Å². The normalized spacial score (nSPS) is 14.9. The summed E-state index contributed by atoms with van der Waals surface area (Å²) < 4.78 is 5.42. The molecule has 2 unspecified atom stereocenters. The lowest BCUT2D eigenvalue weighted by molar-refractivity contribution is 0.0802. The standard InChI is InChI=1S/C13H23NOS/c1-4-9-14-13(11(2)15-3)8-7-12-6-5-10-16-12/h5-6,10-11,13-14H,4,7-9H2,1-3H3. The van der Waals surface area contributed by atoms with Crippen LogP contribution in [0.1, 0.15) is 31.6 Å². The Morgan fingerprint density at radius 3 is 2.88 bits per heavy atom. The summed E-state index contributed by atoms with van der Waals surface area (Å²) in [5, 5.41) is 5.70. The highest BCUT2D eigenvalue weighted by molar-refractivity contribution is 7.09. The van der Waals surface area contributed by atoms with Crippen molar-refractivity contribution >= 4 is 11.3 Å². The van der Waals surface area contributed by atoms with Crippen molar-refractivity contribution in [3.05, 3.63) is 22.4 Å². The molecule has 0 saturated carbocycles. The first-order valence-corrected chi connectivity index (χ1v) is 6.94. The van der Waals surface area contributed by atoms with Crippen LogP contribution in [0.5, 0.6) is 0 Å². The van der Waals surface area contributed by atoms with Crippen LogP contribution in [0.2, 0.25) is 0 Å². The van der Waals surface area contributed by atoms with Crippen molar-refractivity contribution in [2.45, 2.75) is 45.3 Å². The molecular formula is C13H23NOS. The van der Waals surface area contributed by atoms with E-state index in [1.807, 2.05) is 11.3 Å². The van der Waals surface area contributed by atoms with Crippen LogP contribution >= 0.6 is 11.3 Å². The molecule has 0 aliphatic carbocycles. The molecule has 0 aliphatic rings. The third-order valence-electron chi connectivity index (χ3n) is 2.88. The Hall–Kier alpha value is -0.380. The summed E-state index contributed by atoms with van der Waals surface area (Å²) in [7, 11) is 1.79. The van der Waals surface area contributed by atoms with E-state index >= 15 is 0 Å². The molecule has 2 atom stereocenters. The van der Waals surface area contributed by atoms with E-state index in [9.17, 15) is 0 Å². The lowest BCUT2D eigenvalue weighted by Crippen LogP contribution is -2.40. The molecule has 0 aromatic carbocycles. The Bertz CT molecular complexity index is 261. The summed E-state index contributed by atoms with van der Waals surface area (Å²) in [5.41, 5.74) is 0. The first-order valence-electron chi connectivity index (χ1n) is 6.06. The molecule has 0 fully saturated rings. The van der Waals surface area contributed by atoms with Crippen LogP contribution in [0.15, 0.2) is 17.5 Å². The van der Waals surface area contributed by atoms with E-state index < -0.39 is 0 Å². The fourth-order valence-electron chi connectivity index (χ4n) is 1.75. The van der Waals surface area contributed by atoms with Gasteiger partial charge in [-0.25, -0.2) is 0 Å². The van der Waals surface area contributed by atoms with Gasteiger partial charge in [-0.1, -0.05) is 13.0 Å². The second-order valence-electron chi connectivity index (χ2n) is 4.12. The number of hydrogen-bond acceptors (Lipinski definition) is 3. The maximum Gasteiger partial charge on any atom is 0.0696 e. The van der Waals surface area contributed by atoms with Gasteiger partial charge in [-0.2, -0.15) is 0 Å². The molecule has 1 N–H and O–H groups in total. The van der Waals surface area contributed by atoms with Gasteiger partial charge in [0.1, 0.15) is 0 Å². The molecular weight excluding hydrogens is 218 g/mol. The lowest BCUT2D eigenvalue weighted by atomic mass is 10.1. The highest BCUT2D eigenvalue weighted by Gasteiger charge is 2.15. The topological polar surface area (TPSA) is 21.3 Å². The van der Waals surface area contributed by atoms with Gasteiger partial charge in [-0.15, -0.1) is 11.3 Å². The highest BCUT2D eigenvalue weighted by atomic mass is 32.1. The quantitative estimate of drug-likeness (QED) is 0.755. The average molecular weight is 241 g/mol. The zero-order chi connectivity index (χ0) is 11.8. The number of aryl methyl sites for hydroxylation is 1. The van der Waals surface area contributed by atoms with Gasteiger partial charge >= 0.3 is 0 Å². The largest absolute Gasteiger partial charge is 0.380 e. The molecule has 0 saturated heterocycles. The summed E-state index contributed by atoms with van der Waals surface area (Å²) in [6.45, 7) is 5.41. The summed E-state index contributed by atoms with van der Waals surface area (Å²) in [5.74, 6) is 0. The molecule has 0 spiro atoms. The molecule has 1 rings (SSSR count). The Labute approximate surface area is 103 Å².